The van der Waals surface area contributed by atoms with Gasteiger partial charge < -0.3 is 10.6 Å². The van der Waals surface area contributed by atoms with Crippen molar-refractivity contribution < 1.29 is 13.2 Å². The monoisotopic (exact) mass is 231 g/mol. The fourth-order valence-corrected chi connectivity index (χ4v) is 1.69. The highest BCUT2D eigenvalue weighted by Crippen LogP contribution is 2.29. The molecule has 2 rings (SSSR count). The molecular formula is C10H12F3N3. The third-order valence-corrected chi connectivity index (χ3v) is 2.48. The second kappa shape index (κ2) is 4.29. The van der Waals surface area contributed by atoms with E-state index in [1.807, 2.05) is 0 Å². The molecule has 88 valence electrons. The first-order valence-electron chi connectivity index (χ1n) is 5.06. The van der Waals surface area contributed by atoms with Crippen molar-refractivity contribution in [3.05, 3.63) is 24.0 Å². The van der Waals surface area contributed by atoms with Crippen molar-refractivity contribution in [3.63, 3.8) is 0 Å². The maximum atomic E-state index is 12.4. The minimum Gasteiger partial charge on any atom is -0.381 e. The van der Waals surface area contributed by atoms with Gasteiger partial charge in [0.2, 0.25) is 0 Å². The number of halogens is 3. The van der Waals surface area contributed by atoms with Gasteiger partial charge in [-0.15, -0.1) is 0 Å². The first kappa shape index (κ1) is 11.2. The van der Waals surface area contributed by atoms with Crippen LogP contribution in [0.25, 0.3) is 0 Å². The Morgan fingerprint density at radius 1 is 1.44 bits per heavy atom. The molecule has 2 heterocycles. The molecule has 1 unspecified atom stereocenters. The summed E-state index contributed by atoms with van der Waals surface area (Å²) in [6, 6.07) is 2.79. The molecule has 0 aliphatic carbocycles. The molecule has 0 saturated carbocycles. The molecule has 0 aromatic carbocycles. The van der Waals surface area contributed by atoms with E-state index >= 15 is 0 Å². The Hall–Kier alpha value is -1.30. The molecule has 1 aliphatic rings. The van der Waals surface area contributed by atoms with Gasteiger partial charge in [0.1, 0.15) is 5.69 Å². The molecule has 1 saturated heterocycles. The van der Waals surface area contributed by atoms with Gasteiger partial charge in [0.05, 0.1) is 0 Å². The average molecular weight is 231 g/mol. The molecule has 0 radical (unpaired) electrons. The minimum atomic E-state index is -4.38. The van der Waals surface area contributed by atoms with E-state index in [9.17, 15) is 13.2 Å². The van der Waals surface area contributed by atoms with Crippen molar-refractivity contribution >= 4 is 5.69 Å². The van der Waals surface area contributed by atoms with Gasteiger partial charge >= 0.3 is 6.18 Å². The topological polar surface area (TPSA) is 37.0 Å². The van der Waals surface area contributed by atoms with Crippen molar-refractivity contribution in [3.8, 4) is 0 Å². The summed E-state index contributed by atoms with van der Waals surface area (Å²) in [4.78, 5) is 3.30. The summed E-state index contributed by atoms with van der Waals surface area (Å²) in [6.45, 7) is 1.68. The largest absolute Gasteiger partial charge is 0.433 e. The summed E-state index contributed by atoms with van der Waals surface area (Å²) in [5.74, 6) is 0. The molecule has 2 N–H and O–H groups in total. The van der Waals surface area contributed by atoms with E-state index in [0.717, 1.165) is 25.6 Å². The highest BCUT2D eigenvalue weighted by atomic mass is 19.4. The van der Waals surface area contributed by atoms with Gasteiger partial charge in [-0.25, -0.2) is 0 Å². The van der Waals surface area contributed by atoms with E-state index in [2.05, 4.69) is 15.6 Å². The summed E-state index contributed by atoms with van der Waals surface area (Å²) in [5, 5.41) is 6.19. The molecule has 1 aromatic rings. The van der Waals surface area contributed by atoms with Crippen molar-refractivity contribution in [1.82, 2.24) is 10.3 Å². The number of rotatable bonds is 2. The maximum absolute atomic E-state index is 12.4. The summed E-state index contributed by atoms with van der Waals surface area (Å²) in [6.07, 6.45) is -2.29. The molecule has 1 aromatic heterocycles. The number of hydrogen-bond donors (Lipinski definition) is 2. The van der Waals surface area contributed by atoms with Gasteiger partial charge in [0.25, 0.3) is 0 Å². The van der Waals surface area contributed by atoms with E-state index in [0.29, 0.717) is 5.69 Å². The molecule has 1 atom stereocenters. The van der Waals surface area contributed by atoms with Gasteiger partial charge in [-0.3, -0.25) is 4.98 Å². The zero-order valence-electron chi connectivity index (χ0n) is 8.51. The Morgan fingerprint density at radius 2 is 2.25 bits per heavy atom. The lowest BCUT2D eigenvalue weighted by Gasteiger charge is -2.14. The van der Waals surface area contributed by atoms with Crippen LogP contribution in [-0.2, 0) is 6.18 Å². The van der Waals surface area contributed by atoms with Crippen LogP contribution >= 0.6 is 0 Å². The lowest BCUT2D eigenvalue weighted by molar-refractivity contribution is -0.141. The first-order valence-corrected chi connectivity index (χ1v) is 5.06. The fraction of sp³-hybridized carbons (Fsp3) is 0.500. The molecule has 0 amide bonds. The van der Waals surface area contributed by atoms with E-state index in [-0.39, 0.29) is 6.04 Å². The van der Waals surface area contributed by atoms with Gasteiger partial charge in [-0.2, -0.15) is 13.2 Å². The summed E-state index contributed by atoms with van der Waals surface area (Å²) in [7, 11) is 0. The second-order valence-electron chi connectivity index (χ2n) is 3.76. The number of nitrogens with zero attached hydrogens (tertiary/aromatic N) is 1. The van der Waals surface area contributed by atoms with E-state index in [4.69, 9.17) is 0 Å². The average Bonchev–Trinajstić information content (AvgIpc) is 2.70. The van der Waals surface area contributed by atoms with Crippen LogP contribution < -0.4 is 10.6 Å². The number of anilines is 1. The van der Waals surface area contributed by atoms with Crippen molar-refractivity contribution in [2.45, 2.75) is 18.6 Å². The predicted molar refractivity (Wildman–Crippen MR) is 54.1 cm³/mol. The fourth-order valence-electron chi connectivity index (χ4n) is 1.69. The summed E-state index contributed by atoms with van der Waals surface area (Å²) in [5.41, 5.74) is -0.389. The Bertz CT molecular complexity index is 359. The van der Waals surface area contributed by atoms with Crippen molar-refractivity contribution in [2.75, 3.05) is 18.4 Å². The van der Waals surface area contributed by atoms with Crippen LogP contribution in [-0.4, -0.2) is 24.1 Å². The molecule has 6 heteroatoms. The molecular weight excluding hydrogens is 219 g/mol. The predicted octanol–water partition coefficient (Wildman–Crippen LogP) is 1.87. The second-order valence-corrected chi connectivity index (χ2v) is 3.76. The number of alkyl halides is 3. The van der Waals surface area contributed by atoms with E-state index in [1.54, 1.807) is 6.07 Å². The first-order chi connectivity index (χ1) is 7.55. The number of pyridine rings is 1. The van der Waals surface area contributed by atoms with Crippen molar-refractivity contribution in [1.29, 1.82) is 0 Å². The van der Waals surface area contributed by atoms with Gasteiger partial charge in [-0.05, 0) is 25.1 Å². The van der Waals surface area contributed by atoms with Crippen LogP contribution in [0.3, 0.4) is 0 Å². The Labute approximate surface area is 91.1 Å². The minimum absolute atomic E-state index is 0.198. The lowest BCUT2D eigenvalue weighted by atomic mass is 10.2. The smallest absolute Gasteiger partial charge is 0.381 e. The van der Waals surface area contributed by atoms with Gasteiger partial charge in [0.15, 0.2) is 0 Å². The molecule has 16 heavy (non-hydrogen) atoms. The zero-order chi connectivity index (χ0) is 11.6. The molecule has 0 spiro atoms. The van der Waals surface area contributed by atoms with Crippen LogP contribution in [0.15, 0.2) is 18.3 Å². The van der Waals surface area contributed by atoms with Crippen LogP contribution in [0.2, 0.25) is 0 Å². The quantitative estimate of drug-likeness (QED) is 0.816. The molecule has 1 aliphatic heterocycles. The van der Waals surface area contributed by atoms with Gasteiger partial charge in [0, 0.05) is 24.5 Å². The Morgan fingerprint density at radius 3 is 2.88 bits per heavy atom. The van der Waals surface area contributed by atoms with E-state index < -0.39 is 11.9 Å². The highest BCUT2D eigenvalue weighted by molar-refractivity contribution is 5.45. The Balaban J connectivity index is 2.09. The standard InChI is InChI=1S/C10H12F3N3/c11-10(12,13)9-5-7(2-4-15-9)16-8-1-3-14-6-8/h2,4-5,8,14H,1,3,6H2,(H,15,16). The SMILES string of the molecule is FC(F)(F)c1cc(NC2CCNC2)ccn1. The summed E-state index contributed by atoms with van der Waals surface area (Å²) >= 11 is 0. The number of nitrogens with one attached hydrogen (secondary N) is 2. The number of aromatic nitrogens is 1. The molecule has 3 nitrogen and oxygen atoms in total. The van der Waals surface area contributed by atoms with Crippen LogP contribution in [0.5, 0.6) is 0 Å². The number of hydrogen-bond acceptors (Lipinski definition) is 3. The summed E-state index contributed by atoms with van der Waals surface area (Å²) < 4.78 is 37.1. The van der Waals surface area contributed by atoms with Crippen molar-refractivity contribution in [2.24, 2.45) is 0 Å². The van der Waals surface area contributed by atoms with Crippen LogP contribution in [0, 0.1) is 0 Å². The zero-order valence-corrected chi connectivity index (χ0v) is 8.51. The van der Waals surface area contributed by atoms with E-state index in [1.165, 1.54) is 6.20 Å². The highest BCUT2D eigenvalue weighted by Gasteiger charge is 2.32. The van der Waals surface area contributed by atoms with Crippen LogP contribution in [0.4, 0.5) is 18.9 Å². The van der Waals surface area contributed by atoms with Gasteiger partial charge in [-0.1, -0.05) is 0 Å². The molecule has 0 bridgehead atoms. The molecule has 1 fully saturated rings. The Kier molecular flexibility index (Phi) is 3.00. The normalized spacial score (nSPS) is 21.1. The lowest BCUT2D eigenvalue weighted by Crippen LogP contribution is -2.22. The third-order valence-electron chi connectivity index (χ3n) is 2.48. The maximum Gasteiger partial charge on any atom is 0.433 e. The third kappa shape index (κ3) is 2.63. The van der Waals surface area contributed by atoms with Crippen LogP contribution in [0.1, 0.15) is 12.1 Å².